The largest absolute Gasteiger partial charge is 0.381 e. The number of amides is 1. The van der Waals surface area contributed by atoms with Gasteiger partial charge in [-0.15, -0.1) is 0 Å². The molecule has 4 heteroatoms. The molecule has 3 heterocycles. The number of aromatic amines is 1. The molecule has 1 N–H and O–H groups in total. The van der Waals surface area contributed by atoms with Crippen molar-refractivity contribution in [2.45, 2.75) is 25.8 Å². The van der Waals surface area contributed by atoms with Gasteiger partial charge in [-0.2, -0.15) is 0 Å². The second kappa shape index (κ2) is 4.53. The van der Waals surface area contributed by atoms with Crippen LogP contribution < -0.4 is 0 Å². The van der Waals surface area contributed by atoms with Crippen molar-refractivity contribution >= 4 is 5.91 Å². The van der Waals surface area contributed by atoms with E-state index in [0.29, 0.717) is 5.91 Å². The van der Waals surface area contributed by atoms with Crippen LogP contribution in [0.1, 0.15) is 24.1 Å². The molecule has 1 saturated heterocycles. The summed E-state index contributed by atoms with van der Waals surface area (Å²) < 4.78 is 5.31. The van der Waals surface area contributed by atoms with Crippen LogP contribution in [0.4, 0.5) is 0 Å². The number of carbonyl (C=O) groups excluding carboxylic acids is 1. The predicted molar refractivity (Wildman–Crippen MR) is 63.5 cm³/mol. The predicted octanol–water partition coefficient (Wildman–Crippen LogP) is 1.33. The summed E-state index contributed by atoms with van der Waals surface area (Å²) in [5.41, 5.74) is 2.57. The van der Waals surface area contributed by atoms with Gasteiger partial charge in [0.2, 0.25) is 5.91 Å². The lowest BCUT2D eigenvalue weighted by Gasteiger charge is -2.32. The van der Waals surface area contributed by atoms with Gasteiger partial charge in [0.1, 0.15) is 0 Å². The third-order valence-corrected chi connectivity index (χ3v) is 3.80. The molecular weight excluding hydrogens is 216 g/mol. The number of ether oxygens (including phenoxy) is 1. The van der Waals surface area contributed by atoms with E-state index in [-0.39, 0.29) is 5.92 Å². The first-order valence-electron chi connectivity index (χ1n) is 6.36. The summed E-state index contributed by atoms with van der Waals surface area (Å²) in [6.45, 7) is 3.10. The van der Waals surface area contributed by atoms with Gasteiger partial charge in [0.15, 0.2) is 0 Å². The molecule has 4 nitrogen and oxygen atoms in total. The van der Waals surface area contributed by atoms with Crippen molar-refractivity contribution in [3.8, 4) is 0 Å². The Hall–Kier alpha value is -1.29. The van der Waals surface area contributed by atoms with Gasteiger partial charge >= 0.3 is 0 Å². The molecule has 0 aromatic carbocycles. The molecule has 2 aliphatic heterocycles. The number of carbonyl (C=O) groups is 1. The second-order valence-corrected chi connectivity index (χ2v) is 4.88. The molecule has 0 saturated carbocycles. The number of H-pyrrole nitrogens is 1. The van der Waals surface area contributed by atoms with Crippen molar-refractivity contribution in [3.63, 3.8) is 0 Å². The average Bonchev–Trinajstić information content (AvgIpc) is 2.86. The fourth-order valence-corrected chi connectivity index (χ4v) is 2.74. The highest BCUT2D eigenvalue weighted by Crippen LogP contribution is 2.23. The Labute approximate surface area is 101 Å². The summed E-state index contributed by atoms with van der Waals surface area (Å²) in [6, 6.07) is 2.08. The minimum absolute atomic E-state index is 0.184. The molecule has 17 heavy (non-hydrogen) atoms. The summed E-state index contributed by atoms with van der Waals surface area (Å²) in [6.07, 6.45) is 4.69. The Morgan fingerprint density at radius 3 is 3.06 bits per heavy atom. The van der Waals surface area contributed by atoms with E-state index in [2.05, 4.69) is 11.1 Å². The Balaban J connectivity index is 1.67. The van der Waals surface area contributed by atoms with Crippen LogP contribution in [0.3, 0.4) is 0 Å². The first kappa shape index (κ1) is 10.8. The van der Waals surface area contributed by atoms with Gasteiger partial charge in [-0.05, 0) is 24.5 Å². The van der Waals surface area contributed by atoms with E-state index in [1.54, 1.807) is 0 Å². The summed E-state index contributed by atoms with van der Waals surface area (Å²) in [5.74, 6) is 0.504. The fraction of sp³-hybridized carbons (Fsp3) is 0.615. The minimum Gasteiger partial charge on any atom is -0.381 e. The molecule has 0 unspecified atom stereocenters. The molecule has 1 aromatic heterocycles. The van der Waals surface area contributed by atoms with E-state index in [1.807, 2.05) is 11.1 Å². The zero-order chi connectivity index (χ0) is 11.7. The zero-order valence-corrected chi connectivity index (χ0v) is 9.95. The van der Waals surface area contributed by atoms with Gasteiger partial charge in [0.05, 0.1) is 0 Å². The summed E-state index contributed by atoms with van der Waals surface area (Å²) in [5, 5.41) is 0. The van der Waals surface area contributed by atoms with E-state index >= 15 is 0 Å². The molecule has 1 amide bonds. The highest BCUT2D eigenvalue weighted by Gasteiger charge is 2.28. The van der Waals surface area contributed by atoms with Gasteiger partial charge in [0, 0.05) is 50.5 Å². The Morgan fingerprint density at radius 2 is 2.24 bits per heavy atom. The SMILES string of the molecule is O=C(C1CCOCC1)N1CCc2[nH]ccc2C1. The van der Waals surface area contributed by atoms with Crippen molar-refractivity contribution in [2.24, 2.45) is 5.92 Å². The van der Waals surface area contributed by atoms with Gasteiger partial charge in [-0.3, -0.25) is 4.79 Å². The highest BCUT2D eigenvalue weighted by molar-refractivity contribution is 5.79. The van der Waals surface area contributed by atoms with Crippen LogP contribution in [0.2, 0.25) is 0 Å². The normalized spacial score (nSPS) is 21.3. The van der Waals surface area contributed by atoms with Crippen LogP contribution >= 0.6 is 0 Å². The number of rotatable bonds is 1. The number of hydrogen-bond acceptors (Lipinski definition) is 2. The van der Waals surface area contributed by atoms with E-state index < -0.39 is 0 Å². The number of fused-ring (bicyclic) bond motifs is 1. The van der Waals surface area contributed by atoms with Crippen LogP contribution in [-0.4, -0.2) is 35.5 Å². The first-order chi connectivity index (χ1) is 8.34. The molecule has 92 valence electrons. The number of hydrogen-bond donors (Lipinski definition) is 1. The lowest BCUT2D eigenvalue weighted by molar-refractivity contribution is -0.139. The molecule has 0 aliphatic carbocycles. The summed E-state index contributed by atoms with van der Waals surface area (Å²) in [7, 11) is 0. The van der Waals surface area contributed by atoms with E-state index in [4.69, 9.17) is 4.74 Å². The van der Waals surface area contributed by atoms with Gasteiger partial charge in [-0.25, -0.2) is 0 Å². The van der Waals surface area contributed by atoms with E-state index in [0.717, 1.165) is 45.6 Å². The third kappa shape index (κ3) is 2.09. The smallest absolute Gasteiger partial charge is 0.226 e. The lowest BCUT2D eigenvalue weighted by Crippen LogP contribution is -2.41. The highest BCUT2D eigenvalue weighted by atomic mass is 16.5. The summed E-state index contributed by atoms with van der Waals surface area (Å²) in [4.78, 5) is 17.6. The monoisotopic (exact) mass is 234 g/mol. The summed E-state index contributed by atoms with van der Waals surface area (Å²) >= 11 is 0. The van der Waals surface area contributed by atoms with E-state index in [9.17, 15) is 4.79 Å². The topological polar surface area (TPSA) is 45.3 Å². The maximum Gasteiger partial charge on any atom is 0.226 e. The van der Waals surface area contributed by atoms with Crippen molar-refractivity contribution in [1.29, 1.82) is 0 Å². The van der Waals surface area contributed by atoms with Crippen molar-refractivity contribution in [1.82, 2.24) is 9.88 Å². The van der Waals surface area contributed by atoms with Crippen molar-refractivity contribution in [2.75, 3.05) is 19.8 Å². The standard InChI is InChI=1S/C13H18N2O2/c16-13(10-3-7-17-8-4-10)15-6-2-12-11(9-15)1-5-14-12/h1,5,10,14H,2-4,6-9H2. The molecule has 0 bridgehead atoms. The Morgan fingerprint density at radius 1 is 1.41 bits per heavy atom. The van der Waals surface area contributed by atoms with Crippen molar-refractivity contribution < 1.29 is 9.53 Å². The molecule has 3 rings (SSSR count). The Bertz CT molecular complexity index is 407. The molecule has 1 aromatic rings. The number of nitrogens with zero attached hydrogens (tertiary/aromatic N) is 1. The molecule has 0 radical (unpaired) electrons. The molecular formula is C13H18N2O2. The maximum atomic E-state index is 12.3. The second-order valence-electron chi connectivity index (χ2n) is 4.88. The minimum atomic E-state index is 0.184. The average molecular weight is 234 g/mol. The maximum absolute atomic E-state index is 12.3. The van der Waals surface area contributed by atoms with Gasteiger partial charge in [-0.1, -0.05) is 0 Å². The number of aromatic nitrogens is 1. The van der Waals surface area contributed by atoms with Crippen LogP contribution in [0.5, 0.6) is 0 Å². The molecule has 0 spiro atoms. The first-order valence-corrected chi connectivity index (χ1v) is 6.36. The van der Waals surface area contributed by atoms with Crippen molar-refractivity contribution in [3.05, 3.63) is 23.5 Å². The van der Waals surface area contributed by atoms with E-state index in [1.165, 1.54) is 11.3 Å². The number of nitrogens with one attached hydrogen (secondary N) is 1. The van der Waals surface area contributed by atoms with Crippen LogP contribution in [0.25, 0.3) is 0 Å². The fourth-order valence-electron chi connectivity index (χ4n) is 2.74. The Kier molecular flexibility index (Phi) is 2.89. The van der Waals surface area contributed by atoms with Crippen LogP contribution in [-0.2, 0) is 22.5 Å². The molecule has 2 aliphatic rings. The molecule has 0 atom stereocenters. The van der Waals surface area contributed by atoms with Crippen LogP contribution in [0.15, 0.2) is 12.3 Å². The zero-order valence-electron chi connectivity index (χ0n) is 9.95. The quantitative estimate of drug-likeness (QED) is 0.796. The van der Waals surface area contributed by atoms with Crippen LogP contribution in [0, 0.1) is 5.92 Å². The van der Waals surface area contributed by atoms with Gasteiger partial charge < -0.3 is 14.6 Å². The lowest BCUT2D eigenvalue weighted by atomic mass is 9.97. The van der Waals surface area contributed by atoms with Gasteiger partial charge in [0.25, 0.3) is 0 Å². The molecule has 1 fully saturated rings. The third-order valence-electron chi connectivity index (χ3n) is 3.80.